The molecule has 3 heteroatoms. The lowest BCUT2D eigenvalue weighted by atomic mass is 10.1. The third kappa shape index (κ3) is 2.78. The Bertz CT molecular complexity index is 372. The summed E-state index contributed by atoms with van der Waals surface area (Å²) >= 11 is 0. The fourth-order valence-electron chi connectivity index (χ4n) is 2.71. The minimum absolute atomic E-state index is 0.301. The van der Waals surface area contributed by atoms with Crippen molar-refractivity contribution < 1.29 is 4.39 Å². The first kappa shape index (κ1) is 12.4. The van der Waals surface area contributed by atoms with E-state index in [4.69, 9.17) is 5.73 Å². The molecule has 0 unspecified atom stereocenters. The standard InChI is InChI=1S/C14H21FN2/c1-2-17(12-7-3-4-8-12)10-11-6-5-9-13(15)14(11)16/h5-6,9,12H,2-4,7-8,10,16H2,1H3. The molecule has 0 aliphatic heterocycles. The molecule has 2 N–H and O–H groups in total. The van der Waals surface area contributed by atoms with E-state index in [2.05, 4.69) is 11.8 Å². The van der Waals surface area contributed by atoms with Crippen LogP contribution in [0.3, 0.4) is 0 Å². The smallest absolute Gasteiger partial charge is 0.146 e. The third-order valence-electron chi connectivity index (χ3n) is 3.76. The lowest BCUT2D eigenvalue weighted by Crippen LogP contribution is -2.32. The predicted molar refractivity (Wildman–Crippen MR) is 69.2 cm³/mol. The van der Waals surface area contributed by atoms with Crippen molar-refractivity contribution in [2.24, 2.45) is 0 Å². The summed E-state index contributed by atoms with van der Waals surface area (Å²) in [6, 6.07) is 5.74. The van der Waals surface area contributed by atoms with Crippen molar-refractivity contribution in [2.45, 2.75) is 45.2 Å². The summed E-state index contributed by atoms with van der Waals surface area (Å²) in [6.45, 7) is 3.93. The molecule has 0 atom stereocenters. The van der Waals surface area contributed by atoms with E-state index in [0.717, 1.165) is 18.7 Å². The number of anilines is 1. The van der Waals surface area contributed by atoms with Crippen LogP contribution in [0.25, 0.3) is 0 Å². The average Bonchev–Trinajstić information content (AvgIpc) is 2.85. The second kappa shape index (κ2) is 5.50. The molecule has 0 heterocycles. The third-order valence-corrected chi connectivity index (χ3v) is 3.76. The van der Waals surface area contributed by atoms with Gasteiger partial charge in [-0.1, -0.05) is 31.9 Å². The fourth-order valence-corrected chi connectivity index (χ4v) is 2.71. The second-order valence-electron chi connectivity index (χ2n) is 4.81. The van der Waals surface area contributed by atoms with E-state index >= 15 is 0 Å². The number of hydrogen-bond acceptors (Lipinski definition) is 2. The van der Waals surface area contributed by atoms with Crippen molar-refractivity contribution in [1.82, 2.24) is 4.90 Å². The Labute approximate surface area is 103 Å². The van der Waals surface area contributed by atoms with Gasteiger partial charge in [-0.25, -0.2) is 4.39 Å². The Morgan fingerprint density at radius 2 is 2.06 bits per heavy atom. The maximum Gasteiger partial charge on any atom is 0.146 e. The number of nitrogens with two attached hydrogens (primary N) is 1. The Morgan fingerprint density at radius 1 is 1.35 bits per heavy atom. The summed E-state index contributed by atoms with van der Waals surface area (Å²) in [5.41, 5.74) is 7.01. The summed E-state index contributed by atoms with van der Waals surface area (Å²) in [5, 5.41) is 0. The molecule has 17 heavy (non-hydrogen) atoms. The highest BCUT2D eigenvalue weighted by Crippen LogP contribution is 2.26. The van der Waals surface area contributed by atoms with Crippen molar-refractivity contribution in [3.8, 4) is 0 Å². The molecular weight excluding hydrogens is 215 g/mol. The molecule has 1 aliphatic rings. The largest absolute Gasteiger partial charge is 0.396 e. The van der Waals surface area contributed by atoms with Crippen LogP contribution in [0, 0.1) is 5.82 Å². The van der Waals surface area contributed by atoms with Crippen LogP contribution in [-0.2, 0) is 6.54 Å². The van der Waals surface area contributed by atoms with Gasteiger partial charge in [-0.05, 0) is 31.0 Å². The van der Waals surface area contributed by atoms with Gasteiger partial charge in [0.05, 0.1) is 5.69 Å². The van der Waals surface area contributed by atoms with Crippen LogP contribution < -0.4 is 5.73 Å². The van der Waals surface area contributed by atoms with Crippen LogP contribution in [0.1, 0.15) is 38.2 Å². The Kier molecular flexibility index (Phi) is 4.00. The highest BCUT2D eigenvalue weighted by atomic mass is 19.1. The fraction of sp³-hybridized carbons (Fsp3) is 0.571. The van der Waals surface area contributed by atoms with E-state index in [-0.39, 0.29) is 5.82 Å². The van der Waals surface area contributed by atoms with Crippen molar-refractivity contribution >= 4 is 5.69 Å². The van der Waals surface area contributed by atoms with Gasteiger partial charge in [0.15, 0.2) is 0 Å². The number of benzene rings is 1. The summed E-state index contributed by atoms with van der Waals surface area (Å²) in [7, 11) is 0. The van der Waals surface area contributed by atoms with Crippen LogP contribution in [0.5, 0.6) is 0 Å². The lowest BCUT2D eigenvalue weighted by Gasteiger charge is -2.27. The number of hydrogen-bond donors (Lipinski definition) is 1. The number of nitrogens with zero attached hydrogens (tertiary/aromatic N) is 1. The minimum atomic E-state index is -0.301. The molecule has 2 nitrogen and oxygen atoms in total. The predicted octanol–water partition coefficient (Wildman–Crippen LogP) is 3.17. The van der Waals surface area contributed by atoms with Gasteiger partial charge in [0.1, 0.15) is 5.82 Å². The van der Waals surface area contributed by atoms with Gasteiger partial charge < -0.3 is 5.73 Å². The zero-order valence-electron chi connectivity index (χ0n) is 10.5. The first-order valence-electron chi connectivity index (χ1n) is 6.49. The molecule has 1 fully saturated rings. The Hall–Kier alpha value is -1.09. The molecular formula is C14H21FN2. The van der Waals surface area contributed by atoms with Crippen LogP contribution in [-0.4, -0.2) is 17.5 Å². The number of halogens is 1. The zero-order chi connectivity index (χ0) is 12.3. The molecule has 0 aromatic heterocycles. The zero-order valence-corrected chi connectivity index (χ0v) is 10.5. The second-order valence-corrected chi connectivity index (χ2v) is 4.81. The van der Waals surface area contributed by atoms with Crippen molar-refractivity contribution in [1.29, 1.82) is 0 Å². The van der Waals surface area contributed by atoms with Gasteiger partial charge in [0.25, 0.3) is 0 Å². The monoisotopic (exact) mass is 236 g/mol. The van der Waals surface area contributed by atoms with Crippen LogP contribution >= 0.6 is 0 Å². The number of rotatable bonds is 4. The molecule has 0 bridgehead atoms. The number of nitrogen functional groups attached to an aromatic ring is 1. The van der Waals surface area contributed by atoms with E-state index in [1.807, 2.05) is 6.07 Å². The molecule has 0 saturated heterocycles. The maximum absolute atomic E-state index is 13.4. The SMILES string of the molecule is CCN(Cc1cccc(F)c1N)C1CCCC1. The van der Waals surface area contributed by atoms with Gasteiger partial charge in [0.2, 0.25) is 0 Å². The first-order valence-corrected chi connectivity index (χ1v) is 6.49. The Balaban J connectivity index is 2.09. The molecule has 1 saturated carbocycles. The highest BCUT2D eigenvalue weighted by Gasteiger charge is 2.22. The molecule has 0 radical (unpaired) electrons. The maximum atomic E-state index is 13.4. The molecule has 1 aliphatic carbocycles. The summed E-state index contributed by atoms with van der Waals surface area (Å²) in [4.78, 5) is 2.41. The quantitative estimate of drug-likeness (QED) is 0.814. The van der Waals surface area contributed by atoms with Crippen LogP contribution in [0.2, 0.25) is 0 Å². The van der Waals surface area contributed by atoms with E-state index in [1.165, 1.54) is 31.7 Å². The molecule has 94 valence electrons. The van der Waals surface area contributed by atoms with E-state index in [9.17, 15) is 4.39 Å². The topological polar surface area (TPSA) is 29.3 Å². The number of para-hydroxylation sites is 1. The van der Waals surface area contributed by atoms with Crippen molar-refractivity contribution in [3.63, 3.8) is 0 Å². The van der Waals surface area contributed by atoms with Crippen LogP contribution in [0.4, 0.5) is 10.1 Å². The first-order chi connectivity index (χ1) is 8.22. The van der Waals surface area contributed by atoms with Crippen molar-refractivity contribution in [3.05, 3.63) is 29.6 Å². The molecule has 1 aromatic carbocycles. The minimum Gasteiger partial charge on any atom is -0.396 e. The van der Waals surface area contributed by atoms with Crippen molar-refractivity contribution in [2.75, 3.05) is 12.3 Å². The van der Waals surface area contributed by atoms with Crippen LogP contribution in [0.15, 0.2) is 18.2 Å². The van der Waals surface area contributed by atoms with Gasteiger partial charge in [-0.15, -0.1) is 0 Å². The Morgan fingerprint density at radius 3 is 2.71 bits per heavy atom. The van der Waals surface area contributed by atoms with E-state index in [0.29, 0.717) is 11.7 Å². The van der Waals surface area contributed by atoms with E-state index < -0.39 is 0 Å². The molecule has 1 aromatic rings. The van der Waals surface area contributed by atoms with Gasteiger partial charge >= 0.3 is 0 Å². The summed E-state index contributed by atoms with van der Waals surface area (Å²) in [6.07, 6.45) is 5.17. The van der Waals surface area contributed by atoms with Gasteiger partial charge in [0, 0.05) is 12.6 Å². The van der Waals surface area contributed by atoms with Gasteiger partial charge in [-0.2, -0.15) is 0 Å². The molecule has 0 amide bonds. The lowest BCUT2D eigenvalue weighted by molar-refractivity contribution is 0.200. The normalized spacial score (nSPS) is 16.9. The summed E-state index contributed by atoms with van der Waals surface area (Å²) in [5.74, 6) is -0.301. The summed E-state index contributed by atoms with van der Waals surface area (Å²) < 4.78 is 13.4. The highest BCUT2D eigenvalue weighted by molar-refractivity contribution is 5.47. The molecule has 2 rings (SSSR count). The van der Waals surface area contributed by atoms with Gasteiger partial charge in [-0.3, -0.25) is 4.90 Å². The average molecular weight is 236 g/mol. The molecule has 0 spiro atoms. The van der Waals surface area contributed by atoms with E-state index in [1.54, 1.807) is 6.07 Å².